The third kappa shape index (κ3) is 3.95. The van der Waals surface area contributed by atoms with Crippen molar-refractivity contribution in [3.05, 3.63) is 28.8 Å². The molecule has 0 saturated heterocycles. The van der Waals surface area contributed by atoms with Gasteiger partial charge < -0.3 is 0 Å². The third-order valence-electron chi connectivity index (χ3n) is 3.63. The maximum absolute atomic E-state index is 12.3. The van der Waals surface area contributed by atoms with Gasteiger partial charge in [0.05, 0.1) is 16.7 Å². The Morgan fingerprint density at radius 1 is 1.40 bits per heavy atom. The quantitative estimate of drug-likeness (QED) is 0.907. The number of hydrogen-bond donors (Lipinski definition) is 1. The number of rotatable bonds is 5. The molecule has 4 nitrogen and oxygen atoms in total. The van der Waals surface area contributed by atoms with Crippen LogP contribution in [0, 0.1) is 22.7 Å². The Kier molecular flexibility index (Phi) is 5.20. The highest BCUT2D eigenvalue weighted by atomic mass is 35.5. The molecule has 1 aromatic rings. The van der Waals surface area contributed by atoms with E-state index < -0.39 is 10.0 Å². The molecule has 0 saturated carbocycles. The Labute approximate surface area is 125 Å². The van der Waals surface area contributed by atoms with Crippen molar-refractivity contribution < 1.29 is 8.42 Å². The number of sulfonamides is 1. The molecule has 0 amide bonds. The van der Waals surface area contributed by atoms with E-state index in [0.717, 1.165) is 0 Å². The number of nitrogens with zero attached hydrogens (tertiary/aromatic N) is 1. The summed E-state index contributed by atoms with van der Waals surface area (Å²) in [6.45, 7) is 8.37. The highest BCUT2D eigenvalue weighted by molar-refractivity contribution is 7.89. The minimum atomic E-state index is -3.72. The van der Waals surface area contributed by atoms with Crippen molar-refractivity contribution in [1.29, 1.82) is 5.26 Å². The Morgan fingerprint density at radius 2 is 2.00 bits per heavy atom. The van der Waals surface area contributed by atoms with Crippen LogP contribution in [0.3, 0.4) is 0 Å². The first-order valence-corrected chi connectivity index (χ1v) is 8.15. The van der Waals surface area contributed by atoms with Crippen molar-refractivity contribution >= 4 is 21.6 Å². The standard InChI is InChI=1S/C14H19ClN2O2S/c1-10(2)14(3,4)9-17-20(18,19)13-7-11(8-16)5-6-12(13)15/h5-7,10,17H,9H2,1-4H3. The first-order chi connectivity index (χ1) is 9.10. The van der Waals surface area contributed by atoms with E-state index in [9.17, 15) is 8.42 Å². The first-order valence-electron chi connectivity index (χ1n) is 6.29. The summed E-state index contributed by atoms with van der Waals surface area (Å²) in [7, 11) is -3.72. The molecule has 0 aliphatic rings. The van der Waals surface area contributed by atoms with Gasteiger partial charge in [0.1, 0.15) is 4.90 Å². The van der Waals surface area contributed by atoms with E-state index in [1.807, 2.05) is 33.8 Å². The van der Waals surface area contributed by atoms with Crippen LogP contribution in [-0.4, -0.2) is 15.0 Å². The fraction of sp³-hybridized carbons (Fsp3) is 0.500. The maximum Gasteiger partial charge on any atom is 0.242 e. The largest absolute Gasteiger partial charge is 0.242 e. The molecule has 1 N–H and O–H groups in total. The summed E-state index contributed by atoms with van der Waals surface area (Å²) in [6.07, 6.45) is 0. The molecule has 6 heteroatoms. The summed E-state index contributed by atoms with van der Waals surface area (Å²) in [5.74, 6) is 0.325. The summed E-state index contributed by atoms with van der Waals surface area (Å²) in [5, 5.41) is 8.95. The Balaban J connectivity index is 3.04. The maximum atomic E-state index is 12.3. The Hall–Kier alpha value is -1.09. The Morgan fingerprint density at radius 3 is 2.50 bits per heavy atom. The lowest BCUT2D eigenvalue weighted by molar-refractivity contribution is 0.252. The van der Waals surface area contributed by atoms with Crippen molar-refractivity contribution in [3.8, 4) is 6.07 Å². The molecule has 0 atom stereocenters. The van der Waals surface area contributed by atoms with E-state index in [0.29, 0.717) is 12.5 Å². The van der Waals surface area contributed by atoms with Gasteiger partial charge in [-0.15, -0.1) is 0 Å². The first kappa shape index (κ1) is 17.0. The fourth-order valence-corrected chi connectivity index (χ4v) is 3.09. The van der Waals surface area contributed by atoms with Gasteiger partial charge in [-0.2, -0.15) is 5.26 Å². The van der Waals surface area contributed by atoms with Crippen molar-refractivity contribution in [2.75, 3.05) is 6.54 Å². The van der Waals surface area contributed by atoms with Crippen molar-refractivity contribution in [1.82, 2.24) is 4.72 Å². The predicted octanol–water partition coefficient (Wildman–Crippen LogP) is 3.17. The summed E-state index contributed by atoms with van der Waals surface area (Å²) >= 11 is 5.92. The minimum Gasteiger partial charge on any atom is -0.211 e. The molecule has 0 heterocycles. The predicted molar refractivity (Wildman–Crippen MR) is 80.0 cm³/mol. The Bertz CT molecular complexity index is 631. The van der Waals surface area contributed by atoms with Gasteiger partial charge in [-0.1, -0.05) is 39.3 Å². The third-order valence-corrected chi connectivity index (χ3v) is 5.51. The summed E-state index contributed by atoms with van der Waals surface area (Å²) < 4.78 is 27.1. The van der Waals surface area contributed by atoms with Crippen LogP contribution in [0.5, 0.6) is 0 Å². The van der Waals surface area contributed by atoms with Gasteiger partial charge in [0, 0.05) is 6.54 Å². The van der Waals surface area contributed by atoms with Crippen LogP contribution in [0.25, 0.3) is 0 Å². The van der Waals surface area contributed by atoms with E-state index in [1.54, 1.807) is 0 Å². The molecule has 0 fully saturated rings. The molecular weight excluding hydrogens is 296 g/mol. The summed E-state index contributed by atoms with van der Waals surface area (Å²) in [5.41, 5.74) is 0.0877. The van der Waals surface area contributed by atoms with Crippen molar-refractivity contribution in [2.45, 2.75) is 32.6 Å². The van der Waals surface area contributed by atoms with Crippen molar-refractivity contribution in [3.63, 3.8) is 0 Å². The number of nitriles is 1. The van der Waals surface area contributed by atoms with Crippen LogP contribution in [0.15, 0.2) is 23.1 Å². The zero-order valence-corrected chi connectivity index (χ0v) is 13.6. The van der Waals surface area contributed by atoms with E-state index in [4.69, 9.17) is 16.9 Å². The molecule has 0 radical (unpaired) electrons. The van der Waals surface area contributed by atoms with Crippen molar-refractivity contribution in [2.24, 2.45) is 11.3 Å². The zero-order valence-electron chi connectivity index (χ0n) is 12.1. The molecule has 0 aliphatic heterocycles. The highest BCUT2D eigenvalue weighted by Crippen LogP contribution is 2.27. The van der Waals surface area contributed by atoms with Gasteiger partial charge >= 0.3 is 0 Å². The number of halogens is 1. The molecule has 20 heavy (non-hydrogen) atoms. The van der Waals surface area contributed by atoms with Gasteiger partial charge in [0.15, 0.2) is 0 Å². The number of nitrogens with one attached hydrogen (secondary N) is 1. The molecule has 0 spiro atoms. The molecule has 0 aromatic heterocycles. The average molecular weight is 315 g/mol. The topological polar surface area (TPSA) is 70.0 Å². The summed E-state index contributed by atoms with van der Waals surface area (Å²) in [6, 6.07) is 6.10. The normalized spacial score (nSPS) is 12.4. The SMILES string of the molecule is CC(C)C(C)(C)CNS(=O)(=O)c1cc(C#N)ccc1Cl. The smallest absolute Gasteiger partial charge is 0.211 e. The van der Waals surface area contributed by atoms with Crippen LogP contribution >= 0.6 is 11.6 Å². The van der Waals surface area contributed by atoms with Gasteiger partial charge in [0.25, 0.3) is 0 Å². The van der Waals surface area contributed by atoms with Gasteiger partial charge in [-0.3, -0.25) is 0 Å². The fourth-order valence-electron chi connectivity index (χ4n) is 1.34. The molecule has 110 valence electrons. The summed E-state index contributed by atoms with van der Waals surface area (Å²) in [4.78, 5) is -0.0576. The number of hydrogen-bond acceptors (Lipinski definition) is 3. The molecule has 0 bridgehead atoms. The minimum absolute atomic E-state index is 0.0576. The highest BCUT2D eigenvalue weighted by Gasteiger charge is 2.26. The second-order valence-corrected chi connectivity index (χ2v) is 7.87. The van der Waals surface area contributed by atoms with Gasteiger partial charge in [-0.25, -0.2) is 13.1 Å². The van der Waals surface area contributed by atoms with Gasteiger partial charge in [0.2, 0.25) is 10.0 Å². The lowest BCUT2D eigenvalue weighted by atomic mass is 9.81. The average Bonchev–Trinajstić information content (AvgIpc) is 2.37. The molecule has 1 rings (SSSR count). The lowest BCUT2D eigenvalue weighted by Crippen LogP contribution is -2.37. The van der Waals surface area contributed by atoms with Gasteiger partial charge in [-0.05, 0) is 29.5 Å². The lowest BCUT2D eigenvalue weighted by Gasteiger charge is -2.29. The molecule has 0 unspecified atom stereocenters. The second kappa shape index (κ2) is 6.13. The van der Waals surface area contributed by atoms with E-state index in [2.05, 4.69) is 4.72 Å². The van der Waals surface area contributed by atoms with Crippen LogP contribution in [0.4, 0.5) is 0 Å². The van der Waals surface area contributed by atoms with Crippen LogP contribution < -0.4 is 4.72 Å². The van der Waals surface area contributed by atoms with E-state index >= 15 is 0 Å². The van der Waals surface area contributed by atoms with Crippen LogP contribution in [0.2, 0.25) is 5.02 Å². The monoisotopic (exact) mass is 314 g/mol. The van der Waals surface area contributed by atoms with Crippen LogP contribution in [-0.2, 0) is 10.0 Å². The molecule has 0 aliphatic carbocycles. The molecule has 1 aromatic carbocycles. The van der Waals surface area contributed by atoms with E-state index in [1.165, 1.54) is 18.2 Å². The van der Waals surface area contributed by atoms with Crippen LogP contribution in [0.1, 0.15) is 33.3 Å². The second-order valence-electron chi connectivity index (χ2n) is 5.72. The van der Waals surface area contributed by atoms with E-state index in [-0.39, 0.29) is 20.9 Å². The zero-order chi connectivity index (χ0) is 15.6. The molecular formula is C14H19ClN2O2S. The number of benzene rings is 1.